The molecule has 6 nitrogen and oxygen atoms in total. The molecule has 158 valence electrons. The summed E-state index contributed by atoms with van der Waals surface area (Å²) in [5.41, 5.74) is 1.14. The van der Waals surface area contributed by atoms with Crippen LogP contribution in [-0.2, 0) is 11.2 Å². The maximum absolute atomic E-state index is 12.5. The molecule has 2 heterocycles. The van der Waals surface area contributed by atoms with Gasteiger partial charge in [0.15, 0.2) is 5.96 Å². The highest BCUT2D eigenvalue weighted by Gasteiger charge is 2.21. The summed E-state index contributed by atoms with van der Waals surface area (Å²) in [5, 5.41) is 9.19. The van der Waals surface area contributed by atoms with Crippen LogP contribution in [-0.4, -0.2) is 63.1 Å². The van der Waals surface area contributed by atoms with Crippen LogP contribution in [0.2, 0.25) is 5.02 Å². The average Bonchev–Trinajstić information content (AvgIpc) is 3.24. The number of amides is 1. The van der Waals surface area contributed by atoms with Crippen molar-refractivity contribution in [2.24, 2.45) is 4.99 Å². The van der Waals surface area contributed by atoms with Gasteiger partial charge >= 0.3 is 0 Å². The monoisotopic (exact) mass is 547 g/mol. The van der Waals surface area contributed by atoms with Gasteiger partial charge in [0.05, 0.1) is 6.54 Å². The van der Waals surface area contributed by atoms with Crippen LogP contribution in [0.15, 0.2) is 46.8 Å². The number of halogens is 2. The highest BCUT2D eigenvalue weighted by molar-refractivity contribution is 14.0. The average molecular weight is 548 g/mol. The van der Waals surface area contributed by atoms with E-state index >= 15 is 0 Å². The van der Waals surface area contributed by atoms with Crippen LogP contribution in [0.3, 0.4) is 0 Å². The van der Waals surface area contributed by atoms with E-state index in [2.05, 4.69) is 38.0 Å². The fourth-order valence-corrected chi connectivity index (χ4v) is 3.95. The third-order valence-corrected chi connectivity index (χ3v) is 5.89. The van der Waals surface area contributed by atoms with Gasteiger partial charge in [0.1, 0.15) is 0 Å². The second kappa shape index (κ2) is 12.2. The number of rotatable bonds is 6. The summed E-state index contributed by atoms with van der Waals surface area (Å²) in [6.45, 7) is 4.11. The van der Waals surface area contributed by atoms with E-state index in [1.54, 1.807) is 18.4 Å². The molecule has 1 aliphatic rings. The number of piperazine rings is 1. The van der Waals surface area contributed by atoms with Crippen LogP contribution < -0.4 is 15.5 Å². The SMILES string of the molecule is CN=C(NCCc1cccs1)NCC(=O)N1CCN(c2ccc(Cl)cc2)CC1.I. The Balaban J connectivity index is 0.00000300. The minimum atomic E-state index is 0. The molecule has 0 saturated carbocycles. The van der Waals surface area contributed by atoms with Gasteiger partial charge in [0, 0.05) is 55.4 Å². The number of carbonyl (C=O) groups is 1. The Kier molecular flexibility index (Phi) is 10.0. The molecule has 3 rings (SSSR count). The summed E-state index contributed by atoms with van der Waals surface area (Å²) >= 11 is 7.70. The van der Waals surface area contributed by atoms with Crippen molar-refractivity contribution in [1.29, 1.82) is 0 Å². The highest BCUT2D eigenvalue weighted by Crippen LogP contribution is 2.19. The molecule has 29 heavy (non-hydrogen) atoms. The molecule has 2 N–H and O–H groups in total. The second-order valence-electron chi connectivity index (χ2n) is 6.53. The van der Waals surface area contributed by atoms with Gasteiger partial charge in [0.2, 0.25) is 5.91 Å². The van der Waals surface area contributed by atoms with Crippen molar-refractivity contribution < 1.29 is 4.79 Å². The number of hydrogen-bond donors (Lipinski definition) is 2. The first-order chi connectivity index (χ1) is 13.7. The molecule has 1 aromatic carbocycles. The predicted octanol–water partition coefficient (Wildman–Crippen LogP) is 3.08. The molecule has 1 saturated heterocycles. The summed E-state index contributed by atoms with van der Waals surface area (Å²) in [5.74, 6) is 0.752. The number of aliphatic imine (C=N–C) groups is 1. The largest absolute Gasteiger partial charge is 0.368 e. The summed E-state index contributed by atoms with van der Waals surface area (Å²) in [7, 11) is 1.72. The normalized spacial score (nSPS) is 14.3. The number of hydrogen-bond acceptors (Lipinski definition) is 4. The van der Waals surface area contributed by atoms with Gasteiger partial charge in [-0.05, 0) is 42.1 Å². The first-order valence-electron chi connectivity index (χ1n) is 9.41. The van der Waals surface area contributed by atoms with Crippen molar-refractivity contribution in [2.75, 3.05) is 51.2 Å². The molecule has 0 spiro atoms. The Morgan fingerprint density at radius 1 is 1.14 bits per heavy atom. The Hall–Kier alpha value is -1.52. The van der Waals surface area contributed by atoms with Gasteiger partial charge in [-0.2, -0.15) is 0 Å². The Morgan fingerprint density at radius 2 is 1.86 bits per heavy atom. The van der Waals surface area contributed by atoms with Crippen LogP contribution >= 0.6 is 46.9 Å². The zero-order valence-corrected chi connectivity index (χ0v) is 20.3. The Labute approximate surface area is 198 Å². The molecule has 1 fully saturated rings. The Morgan fingerprint density at radius 3 is 2.48 bits per heavy atom. The fraction of sp³-hybridized carbons (Fsp3) is 0.400. The lowest BCUT2D eigenvalue weighted by molar-refractivity contribution is -0.130. The summed E-state index contributed by atoms with van der Waals surface area (Å²) in [6, 6.07) is 12.0. The van der Waals surface area contributed by atoms with Crippen molar-refractivity contribution in [2.45, 2.75) is 6.42 Å². The molecule has 0 radical (unpaired) electrons. The van der Waals surface area contributed by atoms with Crippen LogP contribution in [0.4, 0.5) is 5.69 Å². The number of benzene rings is 1. The van der Waals surface area contributed by atoms with Gasteiger partial charge in [-0.15, -0.1) is 35.3 Å². The van der Waals surface area contributed by atoms with Gasteiger partial charge in [0.25, 0.3) is 0 Å². The van der Waals surface area contributed by atoms with E-state index in [0.29, 0.717) is 19.0 Å². The van der Waals surface area contributed by atoms with E-state index < -0.39 is 0 Å². The molecule has 1 aromatic heterocycles. The van der Waals surface area contributed by atoms with E-state index in [1.807, 2.05) is 29.2 Å². The molecule has 9 heteroatoms. The van der Waals surface area contributed by atoms with Crippen LogP contribution in [0.1, 0.15) is 4.88 Å². The number of nitrogens with zero attached hydrogens (tertiary/aromatic N) is 3. The zero-order chi connectivity index (χ0) is 19.8. The van der Waals surface area contributed by atoms with Crippen LogP contribution in [0, 0.1) is 0 Å². The van der Waals surface area contributed by atoms with Crippen LogP contribution in [0.25, 0.3) is 0 Å². The molecular weight excluding hydrogens is 521 g/mol. The van der Waals surface area contributed by atoms with E-state index in [4.69, 9.17) is 11.6 Å². The van der Waals surface area contributed by atoms with Crippen molar-refractivity contribution in [1.82, 2.24) is 15.5 Å². The fourth-order valence-electron chi connectivity index (χ4n) is 3.12. The lowest BCUT2D eigenvalue weighted by atomic mass is 10.2. The maximum atomic E-state index is 12.5. The number of nitrogens with one attached hydrogen (secondary N) is 2. The third-order valence-electron chi connectivity index (χ3n) is 4.70. The standard InChI is InChI=1S/C20H26ClN5OS.HI/c1-22-20(23-9-8-18-3-2-14-28-18)24-15-19(27)26-12-10-25(11-13-26)17-6-4-16(21)5-7-17;/h2-7,14H,8-13,15H2,1H3,(H2,22,23,24);1H. The van der Waals surface area contributed by atoms with Gasteiger partial charge in [-0.1, -0.05) is 17.7 Å². The van der Waals surface area contributed by atoms with E-state index in [-0.39, 0.29) is 36.4 Å². The first-order valence-corrected chi connectivity index (χ1v) is 10.7. The molecule has 0 aliphatic carbocycles. The Bertz CT molecular complexity index is 777. The predicted molar refractivity (Wildman–Crippen MR) is 133 cm³/mol. The minimum absolute atomic E-state index is 0. The first kappa shape index (κ1) is 23.8. The molecule has 2 aromatic rings. The van der Waals surface area contributed by atoms with Gasteiger partial charge in [-0.3, -0.25) is 9.79 Å². The van der Waals surface area contributed by atoms with E-state index in [0.717, 1.165) is 36.8 Å². The minimum Gasteiger partial charge on any atom is -0.368 e. The molecule has 1 amide bonds. The third kappa shape index (κ3) is 7.35. The van der Waals surface area contributed by atoms with Crippen LogP contribution in [0.5, 0.6) is 0 Å². The molecule has 1 aliphatic heterocycles. The van der Waals surface area contributed by atoms with Crippen molar-refractivity contribution in [3.8, 4) is 0 Å². The summed E-state index contributed by atoms with van der Waals surface area (Å²) in [4.78, 5) is 22.2. The quantitative estimate of drug-likeness (QED) is 0.332. The van der Waals surface area contributed by atoms with Gasteiger partial charge < -0.3 is 20.4 Å². The number of thiophene rings is 1. The lowest BCUT2D eigenvalue weighted by Gasteiger charge is -2.36. The molecule has 0 unspecified atom stereocenters. The smallest absolute Gasteiger partial charge is 0.242 e. The van der Waals surface area contributed by atoms with E-state index in [9.17, 15) is 4.79 Å². The summed E-state index contributed by atoms with van der Waals surface area (Å²) < 4.78 is 0. The van der Waals surface area contributed by atoms with E-state index in [1.165, 1.54) is 4.88 Å². The molecule has 0 bridgehead atoms. The van der Waals surface area contributed by atoms with Crippen molar-refractivity contribution in [3.05, 3.63) is 51.7 Å². The maximum Gasteiger partial charge on any atom is 0.242 e. The molecular formula is C20H27ClIN5OS. The van der Waals surface area contributed by atoms with Gasteiger partial charge in [-0.25, -0.2) is 0 Å². The zero-order valence-electron chi connectivity index (χ0n) is 16.4. The number of guanidine groups is 1. The highest BCUT2D eigenvalue weighted by atomic mass is 127. The second-order valence-corrected chi connectivity index (χ2v) is 7.99. The lowest BCUT2D eigenvalue weighted by Crippen LogP contribution is -2.52. The summed E-state index contributed by atoms with van der Waals surface area (Å²) in [6.07, 6.45) is 0.943. The van der Waals surface area contributed by atoms with Crippen molar-refractivity contribution in [3.63, 3.8) is 0 Å². The van der Waals surface area contributed by atoms with Crippen molar-refractivity contribution >= 4 is 64.5 Å². The molecule has 0 atom stereocenters. The topological polar surface area (TPSA) is 60.0 Å². The number of anilines is 1. The number of carbonyl (C=O) groups excluding carboxylic acids is 1.